The van der Waals surface area contributed by atoms with Crippen LogP contribution in [-0.4, -0.2) is 12.4 Å². The van der Waals surface area contributed by atoms with Gasteiger partial charge in [-0.25, -0.2) is 20.2 Å². The topological polar surface area (TPSA) is 65.5 Å². The van der Waals surface area contributed by atoms with E-state index in [0.29, 0.717) is 22.3 Å². The van der Waals surface area contributed by atoms with E-state index in [2.05, 4.69) is 20.5 Å². The van der Waals surface area contributed by atoms with E-state index in [1.54, 1.807) is 13.0 Å². The summed E-state index contributed by atoms with van der Waals surface area (Å²) in [7, 11) is 0. The van der Waals surface area contributed by atoms with Crippen molar-refractivity contribution in [3.63, 3.8) is 0 Å². The number of hydrogen-bond acceptors (Lipinski definition) is 3. The third-order valence-corrected chi connectivity index (χ3v) is 7.11. The standard InChI is InChI=1S/C32H15F5N4O/c1-16-6-4-7-24(33)29(16)18-11-21-19(10-17(18)14-38)20-13-26(40-2)23(12-22(20)30(21)27(15-39)41-3)31-25(34)8-5-9-28(31)42-32(35,36)37/h4-13,27,30H,1H3. The van der Waals surface area contributed by atoms with Gasteiger partial charge in [0, 0.05) is 16.7 Å². The number of alkyl halides is 3. The summed E-state index contributed by atoms with van der Waals surface area (Å²) in [6.45, 7) is 17.1. The number of hydrogen-bond donors (Lipinski definition) is 0. The van der Waals surface area contributed by atoms with Crippen LogP contribution in [0.1, 0.15) is 28.2 Å². The molecule has 10 heteroatoms. The van der Waals surface area contributed by atoms with Crippen molar-refractivity contribution in [1.29, 1.82) is 10.5 Å². The molecular formula is C32H15F5N4O. The number of benzene rings is 4. The number of fused-ring (bicyclic) bond motifs is 3. The van der Waals surface area contributed by atoms with Crippen LogP contribution in [0.5, 0.6) is 5.75 Å². The summed E-state index contributed by atoms with van der Waals surface area (Å²) in [5, 5.41) is 19.9. The van der Waals surface area contributed by atoms with E-state index in [1.807, 2.05) is 6.07 Å². The van der Waals surface area contributed by atoms with Crippen LogP contribution >= 0.6 is 0 Å². The lowest BCUT2D eigenvalue weighted by atomic mass is 9.86. The number of nitriles is 2. The summed E-state index contributed by atoms with van der Waals surface area (Å²) < 4.78 is 73.8. The Morgan fingerprint density at radius 2 is 1.48 bits per heavy atom. The average Bonchev–Trinajstić information content (AvgIpc) is 3.24. The molecule has 0 amide bonds. The number of aryl methyl sites for hydroxylation is 1. The van der Waals surface area contributed by atoms with Gasteiger partial charge in [0.2, 0.25) is 0 Å². The molecule has 0 saturated heterocycles. The van der Waals surface area contributed by atoms with Crippen LogP contribution in [0.15, 0.2) is 60.7 Å². The summed E-state index contributed by atoms with van der Waals surface area (Å²) in [5.41, 5.74) is 1.34. The van der Waals surface area contributed by atoms with Gasteiger partial charge in [-0.15, -0.1) is 13.2 Å². The lowest BCUT2D eigenvalue weighted by molar-refractivity contribution is -0.274. The van der Waals surface area contributed by atoms with Gasteiger partial charge < -0.3 is 4.74 Å². The Balaban J connectivity index is 1.84. The SMILES string of the molecule is [C-]#[N+]c1cc2c(cc1-c1c(F)cccc1OC(F)(F)F)C(C(C#N)[N+]#[C-])c1cc(-c3c(C)cccc3F)c(C#N)cc1-2. The average molecular weight is 566 g/mol. The van der Waals surface area contributed by atoms with Crippen molar-refractivity contribution in [1.82, 2.24) is 0 Å². The first-order valence-corrected chi connectivity index (χ1v) is 12.2. The van der Waals surface area contributed by atoms with Crippen molar-refractivity contribution in [2.45, 2.75) is 25.2 Å². The maximum absolute atomic E-state index is 15.1. The normalized spacial score (nSPS) is 14.0. The van der Waals surface area contributed by atoms with Gasteiger partial charge >= 0.3 is 12.4 Å². The van der Waals surface area contributed by atoms with Gasteiger partial charge in [0.25, 0.3) is 0 Å². The van der Waals surface area contributed by atoms with Crippen molar-refractivity contribution in [3.8, 4) is 51.3 Å². The van der Waals surface area contributed by atoms with Crippen molar-refractivity contribution in [2.75, 3.05) is 0 Å². The van der Waals surface area contributed by atoms with Gasteiger partial charge in [0.05, 0.1) is 24.1 Å². The monoisotopic (exact) mass is 566 g/mol. The molecule has 42 heavy (non-hydrogen) atoms. The summed E-state index contributed by atoms with van der Waals surface area (Å²) in [5.74, 6) is -3.55. The zero-order valence-electron chi connectivity index (χ0n) is 21.5. The molecule has 0 saturated carbocycles. The molecular weight excluding hydrogens is 551 g/mol. The van der Waals surface area contributed by atoms with E-state index in [-0.39, 0.29) is 33.5 Å². The van der Waals surface area contributed by atoms with Crippen LogP contribution in [0.3, 0.4) is 0 Å². The molecule has 0 heterocycles. The first-order valence-electron chi connectivity index (χ1n) is 12.2. The van der Waals surface area contributed by atoms with Crippen molar-refractivity contribution in [3.05, 3.63) is 117 Å². The molecule has 0 radical (unpaired) electrons. The lowest BCUT2D eigenvalue weighted by Gasteiger charge is -2.17. The van der Waals surface area contributed by atoms with E-state index in [9.17, 15) is 23.7 Å². The van der Waals surface area contributed by atoms with Gasteiger partial charge in [-0.2, -0.15) is 10.5 Å². The molecule has 1 aliphatic rings. The predicted octanol–water partition coefficient (Wildman–Crippen LogP) is 8.85. The zero-order chi connectivity index (χ0) is 30.3. The fourth-order valence-corrected chi connectivity index (χ4v) is 5.43. The number of nitrogens with zero attached hydrogens (tertiary/aromatic N) is 4. The first kappa shape index (κ1) is 27.8. The van der Waals surface area contributed by atoms with Crippen LogP contribution in [0.2, 0.25) is 0 Å². The fraction of sp³-hybridized carbons (Fsp3) is 0.125. The van der Waals surface area contributed by atoms with E-state index >= 15 is 8.78 Å². The van der Waals surface area contributed by atoms with E-state index < -0.39 is 41.3 Å². The van der Waals surface area contributed by atoms with Crippen LogP contribution in [0.25, 0.3) is 43.1 Å². The first-order chi connectivity index (χ1) is 20.0. The molecule has 2 atom stereocenters. The summed E-state index contributed by atoms with van der Waals surface area (Å²) in [6, 6.07) is 15.5. The molecule has 0 fully saturated rings. The van der Waals surface area contributed by atoms with Gasteiger partial charge in [-0.05, 0) is 76.7 Å². The quantitative estimate of drug-likeness (QED) is 0.183. The second-order valence-electron chi connectivity index (χ2n) is 9.44. The minimum Gasteiger partial charge on any atom is -0.405 e. The predicted molar refractivity (Wildman–Crippen MR) is 143 cm³/mol. The highest BCUT2D eigenvalue weighted by Gasteiger charge is 2.41. The highest BCUT2D eigenvalue weighted by atomic mass is 19.4. The molecule has 1 aliphatic carbocycles. The smallest absolute Gasteiger partial charge is 0.405 e. The molecule has 0 spiro atoms. The molecule has 0 N–H and O–H groups in total. The number of rotatable bonds is 4. The van der Waals surface area contributed by atoms with E-state index in [4.69, 9.17) is 13.1 Å². The van der Waals surface area contributed by atoms with Crippen molar-refractivity contribution >= 4 is 5.69 Å². The van der Waals surface area contributed by atoms with Crippen LogP contribution in [0.4, 0.5) is 27.6 Å². The minimum absolute atomic E-state index is 0.0910. The molecule has 0 aliphatic heterocycles. The summed E-state index contributed by atoms with van der Waals surface area (Å²) in [4.78, 5) is 6.86. The fourth-order valence-electron chi connectivity index (χ4n) is 5.43. The Hall–Kier alpha value is -5.71. The summed E-state index contributed by atoms with van der Waals surface area (Å²) >= 11 is 0. The van der Waals surface area contributed by atoms with Gasteiger partial charge in [-0.3, -0.25) is 4.85 Å². The van der Waals surface area contributed by atoms with Gasteiger partial charge in [0.1, 0.15) is 17.4 Å². The Kier molecular flexibility index (Phi) is 6.87. The zero-order valence-corrected chi connectivity index (χ0v) is 21.5. The Morgan fingerprint density at radius 1 is 0.857 bits per heavy atom. The number of halogens is 5. The largest absolute Gasteiger partial charge is 0.573 e. The maximum Gasteiger partial charge on any atom is 0.573 e. The maximum atomic E-state index is 15.1. The molecule has 204 valence electrons. The lowest BCUT2D eigenvalue weighted by Crippen LogP contribution is -2.18. The molecule has 0 aromatic heterocycles. The van der Waals surface area contributed by atoms with Gasteiger partial charge in [0.15, 0.2) is 11.8 Å². The van der Waals surface area contributed by atoms with Crippen molar-refractivity contribution < 1.29 is 26.7 Å². The van der Waals surface area contributed by atoms with Crippen molar-refractivity contribution in [2.24, 2.45) is 0 Å². The molecule has 4 aromatic carbocycles. The van der Waals surface area contributed by atoms with Crippen LogP contribution < -0.4 is 4.74 Å². The van der Waals surface area contributed by atoms with E-state index in [0.717, 1.165) is 18.2 Å². The van der Waals surface area contributed by atoms with Gasteiger partial charge in [-0.1, -0.05) is 24.3 Å². The molecule has 5 nitrogen and oxygen atoms in total. The molecule has 0 bridgehead atoms. The molecule has 5 rings (SSSR count). The highest BCUT2D eigenvalue weighted by Crippen LogP contribution is 2.53. The van der Waals surface area contributed by atoms with Crippen LogP contribution in [-0.2, 0) is 0 Å². The minimum atomic E-state index is -5.15. The third-order valence-electron chi connectivity index (χ3n) is 7.11. The second kappa shape index (κ2) is 10.4. The summed E-state index contributed by atoms with van der Waals surface area (Å²) in [6.07, 6.45) is -5.15. The molecule has 2 unspecified atom stereocenters. The van der Waals surface area contributed by atoms with E-state index in [1.165, 1.54) is 36.4 Å². The Bertz CT molecular complexity index is 1920. The Morgan fingerprint density at radius 3 is 2.05 bits per heavy atom. The highest BCUT2D eigenvalue weighted by molar-refractivity contribution is 5.93. The molecule has 4 aromatic rings. The number of ether oxygens (including phenoxy) is 1. The third kappa shape index (κ3) is 4.56. The van der Waals surface area contributed by atoms with Crippen LogP contribution in [0, 0.1) is 54.4 Å². The second-order valence-corrected chi connectivity index (χ2v) is 9.44. The Labute approximate surface area is 236 Å².